The van der Waals surface area contributed by atoms with Crippen LogP contribution in [0.15, 0.2) is 59.2 Å². The minimum absolute atomic E-state index is 0.0634. The SMILES string of the molecule is CC(=O)Nc1ccc(CC(=O)N[C@@H](Cc2coc3ccccc23)OB(O)O)cc1. The monoisotopic (exact) mass is 396 g/mol. The standard InChI is InChI=1S/C20H21BN2O6/c1-13(24)22-16-8-6-14(7-9-16)10-19(25)23-20(29-21(26)27)11-15-12-28-18-5-3-2-4-17(15)18/h2-9,12,20,26-27H,10-11H2,1H3,(H,22,24)(H,23,25)/t20-/m1/s1. The summed E-state index contributed by atoms with van der Waals surface area (Å²) in [7, 11) is -2.03. The Labute approximate surface area is 167 Å². The van der Waals surface area contributed by atoms with E-state index in [1.807, 2.05) is 24.3 Å². The van der Waals surface area contributed by atoms with Crippen molar-refractivity contribution in [2.45, 2.75) is 26.0 Å². The minimum atomic E-state index is -2.03. The van der Waals surface area contributed by atoms with Crippen molar-refractivity contribution in [2.24, 2.45) is 0 Å². The van der Waals surface area contributed by atoms with E-state index in [0.717, 1.165) is 16.5 Å². The van der Waals surface area contributed by atoms with Crippen molar-refractivity contribution in [3.8, 4) is 0 Å². The molecule has 2 aromatic carbocycles. The number of furan rings is 1. The Bertz CT molecular complexity index is 986. The number of benzene rings is 2. The van der Waals surface area contributed by atoms with Gasteiger partial charge in [-0.15, -0.1) is 0 Å². The number of fused-ring (bicyclic) bond motifs is 1. The summed E-state index contributed by atoms with van der Waals surface area (Å²) in [5.74, 6) is -0.527. The zero-order valence-electron chi connectivity index (χ0n) is 15.8. The van der Waals surface area contributed by atoms with Crippen molar-refractivity contribution >= 4 is 35.8 Å². The molecule has 2 amide bonds. The van der Waals surface area contributed by atoms with Gasteiger partial charge in [-0.05, 0) is 23.8 Å². The fourth-order valence-electron chi connectivity index (χ4n) is 3.00. The highest BCUT2D eigenvalue weighted by Crippen LogP contribution is 2.22. The zero-order valence-corrected chi connectivity index (χ0v) is 15.8. The van der Waals surface area contributed by atoms with Crippen molar-refractivity contribution in [3.63, 3.8) is 0 Å². The molecule has 1 aromatic heterocycles. The van der Waals surface area contributed by atoms with Gasteiger partial charge in [-0.25, -0.2) is 0 Å². The number of nitrogens with one attached hydrogen (secondary N) is 2. The number of para-hydroxylation sites is 1. The summed E-state index contributed by atoms with van der Waals surface area (Å²) in [4.78, 5) is 23.5. The van der Waals surface area contributed by atoms with Crippen LogP contribution in [0, 0.1) is 0 Å². The third-order valence-electron chi connectivity index (χ3n) is 4.21. The number of rotatable bonds is 8. The van der Waals surface area contributed by atoms with Crippen LogP contribution in [-0.4, -0.2) is 35.4 Å². The van der Waals surface area contributed by atoms with Gasteiger partial charge in [0.2, 0.25) is 11.8 Å². The van der Waals surface area contributed by atoms with E-state index >= 15 is 0 Å². The lowest BCUT2D eigenvalue weighted by Crippen LogP contribution is -2.43. The molecule has 0 bridgehead atoms. The Hall–Kier alpha value is -3.14. The minimum Gasteiger partial charge on any atom is -0.464 e. The van der Waals surface area contributed by atoms with Crippen LogP contribution < -0.4 is 10.6 Å². The number of hydrogen-bond donors (Lipinski definition) is 4. The Balaban J connectivity index is 1.64. The highest BCUT2D eigenvalue weighted by Gasteiger charge is 2.22. The molecule has 0 spiro atoms. The van der Waals surface area contributed by atoms with Gasteiger partial charge in [0.15, 0.2) is 0 Å². The summed E-state index contributed by atoms with van der Waals surface area (Å²) in [6.45, 7) is 1.42. The maximum Gasteiger partial charge on any atom is 0.635 e. The van der Waals surface area contributed by atoms with Crippen molar-refractivity contribution in [1.29, 1.82) is 0 Å². The number of carbonyl (C=O) groups excluding carboxylic acids is 2. The Kier molecular flexibility index (Phi) is 6.66. The molecule has 3 rings (SSSR count). The molecule has 1 heterocycles. The summed E-state index contributed by atoms with van der Waals surface area (Å²) >= 11 is 0. The van der Waals surface area contributed by atoms with Crippen LogP contribution in [0.25, 0.3) is 11.0 Å². The molecule has 0 aliphatic heterocycles. The molecule has 0 aliphatic carbocycles. The predicted molar refractivity (Wildman–Crippen MR) is 108 cm³/mol. The van der Waals surface area contributed by atoms with Gasteiger partial charge in [0.05, 0.1) is 12.7 Å². The lowest BCUT2D eigenvalue weighted by atomic mass is 10.1. The van der Waals surface area contributed by atoms with Crippen molar-refractivity contribution < 1.29 is 28.7 Å². The van der Waals surface area contributed by atoms with Gasteiger partial charge < -0.3 is 29.8 Å². The summed E-state index contributed by atoms with van der Waals surface area (Å²) in [5, 5.41) is 24.6. The second-order valence-electron chi connectivity index (χ2n) is 6.53. The first-order valence-corrected chi connectivity index (χ1v) is 9.03. The lowest BCUT2D eigenvalue weighted by molar-refractivity contribution is -0.123. The quantitative estimate of drug-likeness (QED) is 0.339. The summed E-state index contributed by atoms with van der Waals surface area (Å²) < 4.78 is 10.5. The molecule has 0 saturated heterocycles. The fraction of sp³-hybridized carbons (Fsp3) is 0.200. The molecule has 29 heavy (non-hydrogen) atoms. The van der Waals surface area contributed by atoms with Crippen molar-refractivity contribution in [2.75, 3.05) is 5.32 Å². The highest BCUT2D eigenvalue weighted by molar-refractivity contribution is 6.32. The number of anilines is 1. The van der Waals surface area contributed by atoms with Crippen LogP contribution in [-0.2, 0) is 27.1 Å². The first-order valence-electron chi connectivity index (χ1n) is 9.03. The van der Waals surface area contributed by atoms with E-state index in [0.29, 0.717) is 11.3 Å². The second-order valence-corrected chi connectivity index (χ2v) is 6.53. The van der Waals surface area contributed by atoms with Gasteiger partial charge in [-0.3, -0.25) is 9.59 Å². The molecule has 3 aromatic rings. The average molecular weight is 396 g/mol. The van der Waals surface area contributed by atoms with Crippen LogP contribution in [0.2, 0.25) is 0 Å². The van der Waals surface area contributed by atoms with Gasteiger partial charge in [0.25, 0.3) is 0 Å². The largest absolute Gasteiger partial charge is 0.635 e. The highest BCUT2D eigenvalue weighted by atomic mass is 16.6. The average Bonchev–Trinajstić information content (AvgIpc) is 3.05. The second kappa shape index (κ2) is 9.38. The van der Waals surface area contributed by atoms with E-state index < -0.39 is 13.5 Å². The molecule has 1 atom stereocenters. The molecule has 150 valence electrons. The number of hydrogen-bond acceptors (Lipinski definition) is 6. The molecular weight excluding hydrogens is 375 g/mol. The summed E-state index contributed by atoms with van der Waals surface area (Å²) in [6, 6.07) is 14.3. The number of carbonyl (C=O) groups is 2. The van der Waals surface area contributed by atoms with E-state index in [1.54, 1.807) is 30.5 Å². The van der Waals surface area contributed by atoms with Crippen LogP contribution in [0.5, 0.6) is 0 Å². The molecule has 0 unspecified atom stereocenters. The Morgan fingerprint density at radius 3 is 2.55 bits per heavy atom. The third-order valence-corrected chi connectivity index (χ3v) is 4.21. The third kappa shape index (κ3) is 5.92. The Morgan fingerprint density at radius 2 is 1.86 bits per heavy atom. The van der Waals surface area contributed by atoms with Gasteiger partial charge in [0.1, 0.15) is 11.8 Å². The van der Waals surface area contributed by atoms with E-state index in [2.05, 4.69) is 10.6 Å². The van der Waals surface area contributed by atoms with Crippen LogP contribution in [0.1, 0.15) is 18.1 Å². The van der Waals surface area contributed by atoms with E-state index in [-0.39, 0.29) is 24.7 Å². The first kappa shape index (κ1) is 20.6. The molecule has 0 radical (unpaired) electrons. The fourth-order valence-corrected chi connectivity index (χ4v) is 3.00. The topological polar surface area (TPSA) is 121 Å². The molecule has 0 fully saturated rings. The maximum atomic E-state index is 12.4. The smallest absolute Gasteiger partial charge is 0.464 e. The van der Waals surface area contributed by atoms with E-state index in [4.69, 9.17) is 9.07 Å². The summed E-state index contributed by atoms with van der Waals surface area (Å²) in [5.41, 5.74) is 2.83. The predicted octanol–water partition coefficient (Wildman–Crippen LogP) is 1.60. The molecule has 0 saturated carbocycles. The van der Waals surface area contributed by atoms with Crippen molar-refractivity contribution in [1.82, 2.24) is 5.32 Å². The molecule has 8 nitrogen and oxygen atoms in total. The van der Waals surface area contributed by atoms with Gasteiger partial charge in [-0.1, -0.05) is 30.3 Å². The zero-order chi connectivity index (χ0) is 20.8. The normalized spacial score (nSPS) is 11.8. The van der Waals surface area contributed by atoms with Crippen LogP contribution >= 0.6 is 0 Å². The van der Waals surface area contributed by atoms with Gasteiger partial charge in [-0.2, -0.15) is 0 Å². The lowest BCUT2D eigenvalue weighted by Gasteiger charge is -2.19. The van der Waals surface area contributed by atoms with Gasteiger partial charge >= 0.3 is 7.32 Å². The first-order chi connectivity index (χ1) is 13.9. The summed E-state index contributed by atoms with van der Waals surface area (Å²) in [6.07, 6.45) is 0.857. The maximum absolute atomic E-state index is 12.4. The molecule has 4 N–H and O–H groups in total. The number of amides is 2. The van der Waals surface area contributed by atoms with Crippen LogP contribution in [0.4, 0.5) is 5.69 Å². The van der Waals surface area contributed by atoms with E-state index in [9.17, 15) is 19.6 Å². The molecule has 9 heteroatoms. The van der Waals surface area contributed by atoms with Gasteiger partial charge in [0, 0.05) is 30.0 Å². The Morgan fingerprint density at radius 1 is 1.14 bits per heavy atom. The molecule has 0 aliphatic rings. The molecular formula is C20H21BN2O6. The van der Waals surface area contributed by atoms with Crippen molar-refractivity contribution in [3.05, 3.63) is 65.9 Å². The van der Waals surface area contributed by atoms with E-state index in [1.165, 1.54) is 6.92 Å². The van der Waals surface area contributed by atoms with Crippen LogP contribution in [0.3, 0.4) is 0 Å².